The lowest BCUT2D eigenvalue weighted by Crippen LogP contribution is -2.43. The number of aryl methyl sites for hydroxylation is 1. The highest BCUT2D eigenvalue weighted by Gasteiger charge is 2.31. The lowest BCUT2D eigenvalue weighted by atomic mass is 9.96. The number of fused-ring (bicyclic) bond motifs is 1. The van der Waals surface area contributed by atoms with E-state index in [0.29, 0.717) is 29.8 Å². The van der Waals surface area contributed by atoms with E-state index in [1.807, 2.05) is 4.90 Å². The molecule has 25 heavy (non-hydrogen) atoms. The van der Waals surface area contributed by atoms with Gasteiger partial charge in [0.05, 0.1) is 0 Å². The van der Waals surface area contributed by atoms with Gasteiger partial charge < -0.3 is 9.88 Å². The minimum absolute atomic E-state index is 0.230. The zero-order valence-electron chi connectivity index (χ0n) is 14.6. The number of nitrogens with one attached hydrogen (secondary N) is 1. The number of amides is 1. The van der Waals surface area contributed by atoms with Gasteiger partial charge in [-0.1, -0.05) is 18.1 Å². The molecular weight excluding hydrogens is 320 g/mol. The van der Waals surface area contributed by atoms with Gasteiger partial charge in [0, 0.05) is 25.6 Å². The molecule has 2 aromatic heterocycles. The first-order valence-corrected chi connectivity index (χ1v) is 9.20. The smallest absolute Gasteiger partial charge is 0.281 e. The second-order valence-corrected chi connectivity index (χ2v) is 7.37. The fraction of sp³-hybridized carbons (Fsp3) is 0.706. The maximum atomic E-state index is 12.7. The van der Waals surface area contributed by atoms with E-state index < -0.39 is 0 Å². The fourth-order valence-corrected chi connectivity index (χ4v) is 4.19. The summed E-state index contributed by atoms with van der Waals surface area (Å²) in [5.41, 5.74) is 0.552. The topological polar surface area (TPSA) is 96.8 Å². The molecule has 134 valence electrons. The zero-order valence-corrected chi connectivity index (χ0v) is 14.6. The van der Waals surface area contributed by atoms with Crippen LogP contribution in [-0.2, 0) is 11.3 Å². The van der Waals surface area contributed by atoms with E-state index in [0.717, 1.165) is 38.8 Å². The molecule has 1 saturated carbocycles. The molecule has 8 nitrogen and oxygen atoms in total. The van der Waals surface area contributed by atoms with Gasteiger partial charge in [0.2, 0.25) is 5.91 Å². The minimum atomic E-state index is -0.254. The van der Waals surface area contributed by atoms with Gasteiger partial charge in [0.1, 0.15) is 5.82 Å². The molecule has 2 aromatic rings. The maximum absolute atomic E-state index is 12.7. The monoisotopic (exact) mass is 344 g/mol. The largest absolute Gasteiger partial charge is 0.342 e. The second-order valence-electron chi connectivity index (χ2n) is 7.37. The zero-order chi connectivity index (χ0) is 17.4. The SMILES string of the molecule is Cc1nc2c(nnn2C[C@H]2CCCN(C(=O)C3CCCC3)C2)c(=O)[nH]1. The molecule has 0 radical (unpaired) electrons. The van der Waals surface area contributed by atoms with Crippen molar-refractivity contribution in [3.63, 3.8) is 0 Å². The fourth-order valence-electron chi connectivity index (χ4n) is 4.19. The molecule has 1 saturated heterocycles. The number of piperidine rings is 1. The van der Waals surface area contributed by atoms with E-state index in [1.54, 1.807) is 11.6 Å². The van der Waals surface area contributed by atoms with E-state index >= 15 is 0 Å². The van der Waals surface area contributed by atoms with Crippen molar-refractivity contribution in [2.45, 2.75) is 52.0 Å². The number of aromatic nitrogens is 5. The van der Waals surface area contributed by atoms with Crippen molar-refractivity contribution in [2.24, 2.45) is 11.8 Å². The molecule has 2 fully saturated rings. The number of nitrogens with zero attached hydrogens (tertiary/aromatic N) is 5. The highest BCUT2D eigenvalue weighted by atomic mass is 16.2. The molecule has 0 spiro atoms. The molecule has 0 aromatic carbocycles. The number of carbonyl (C=O) groups excluding carboxylic acids is 1. The van der Waals surface area contributed by atoms with Gasteiger partial charge >= 0.3 is 0 Å². The van der Waals surface area contributed by atoms with Crippen molar-refractivity contribution in [3.8, 4) is 0 Å². The van der Waals surface area contributed by atoms with Crippen molar-refractivity contribution < 1.29 is 4.79 Å². The maximum Gasteiger partial charge on any atom is 0.281 e. The average Bonchev–Trinajstić information content (AvgIpc) is 3.25. The Bertz CT molecular complexity index is 835. The lowest BCUT2D eigenvalue weighted by molar-refractivity contribution is -0.137. The van der Waals surface area contributed by atoms with Gasteiger partial charge in [-0.15, -0.1) is 5.10 Å². The van der Waals surface area contributed by atoms with Crippen molar-refractivity contribution in [1.29, 1.82) is 0 Å². The third-order valence-electron chi connectivity index (χ3n) is 5.46. The molecule has 1 atom stereocenters. The molecule has 3 heterocycles. The number of aromatic amines is 1. The minimum Gasteiger partial charge on any atom is -0.342 e. The first kappa shape index (κ1) is 16.2. The van der Waals surface area contributed by atoms with Gasteiger partial charge in [-0.3, -0.25) is 9.59 Å². The van der Waals surface area contributed by atoms with Crippen LogP contribution in [0.15, 0.2) is 4.79 Å². The van der Waals surface area contributed by atoms with E-state index in [4.69, 9.17) is 0 Å². The summed E-state index contributed by atoms with van der Waals surface area (Å²) in [4.78, 5) is 33.7. The van der Waals surface area contributed by atoms with Crippen molar-refractivity contribution >= 4 is 17.1 Å². The lowest BCUT2D eigenvalue weighted by Gasteiger charge is -2.34. The Morgan fingerprint density at radius 3 is 2.84 bits per heavy atom. The first-order valence-electron chi connectivity index (χ1n) is 9.20. The molecule has 4 rings (SSSR count). The Morgan fingerprint density at radius 2 is 2.04 bits per heavy atom. The molecule has 2 aliphatic rings. The molecule has 8 heteroatoms. The standard InChI is InChI=1S/C17H24N6O2/c1-11-18-15-14(16(24)19-11)20-21-23(15)10-12-5-4-8-22(9-12)17(25)13-6-2-3-7-13/h12-13H,2-10H2,1H3,(H,18,19,24)/t12-/m0/s1. The predicted octanol–water partition coefficient (Wildman–Crippen LogP) is 1.25. The van der Waals surface area contributed by atoms with Crippen molar-refractivity contribution in [2.75, 3.05) is 13.1 Å². The quantitative estimate of drug-likeness (QED) is 0.904. The van der Waals surface area contributed by atoms with Crippen LogP contribution < -0.4 is 5.56 Å². The summed E-state index contributed by atoms with van der Waals surface area (Å²) in [6.07, 6.45) is 6.51. The highest BCUT2D eigenvalue weighted by molar-refractivity contribution is 5.79. The van der Waals surface area contributed by atoms with E-state index in [-0.39, 0.29) is 17.0 Å². The normalized spacial score (nSPS) is 22.0. The number of carbonyl (C=O) groups is 1. The number of rotatable bonds is 3. The van der Waals surface area contributed by atoms with Crippen LogP contribution in [0, 0.1) is 18.8 Å². The van der Waals surface area contributed by atoms with E-state index in [9.17, 15) is 9.59 Å². The average molecular weight is 344 g/mol. The Labute approximate surface area is 145 Å². The van der Waals surface area contributed by atoms with Gasteiger partial charge in [0.25, 0.3) is 5.56 Å². The molecule has 1 aliphatic carbocycles. The van der Waals surface area contributed by atoms with Crippen LogP contribution in [0.2, 0.25) is 0 Å². The molecule has 1 amide bonds. The second kappa shape index (κ2) is 6.57. The number of hydrogen-bond acceptors (Lipinski definition) is 5. The third kappa shape index (κ3) is 3.17. The van der Waals surface area contributed by atoms with Crippen LogP contribution >= 0.6 is 0 Å². The first-order chi connectivity index (χ1) is 12.1. The van der Waals surface area contributed by atoms with Crippen molar-refractivity contribution in [1.82, 2.24) is 29.9 Å². The van der Waals surface area contributed by atoms with Gasteiger partial charge in [-0.05, 0) is 38.5 Å². The summed E-state index contributed by atoms with van der Waals surface area (Å²) >= 11 is 0. The number of hydrogen-bond donors (Lipinski definition) is 1. The van der Waals surface area contributed by atoms with Crippen LogP contribution in [0.25, 0.3) is 11.2 Å². The summed E-state index contributed by atoms with van der Waals surface area (Å²) in [5.74, 6) is 1.44. The Hall–Kier alpha value is -2.25. The summed E-state index contributed by atoms with van der Waals surface area (Å²) < 4.78 is 1.71. The van der Waals surface area contributed by atoms with Crippen LogP contribution in [0.3, 0.4) is 0 Å². The Kier molecular flexibility index (Phi) is 4.27. The van der Waals surface area contributed by atoms with Gasteiger partial charge in [-0.2, -0.15) is 0 Å². The molecule has 1 aliphatic heterocycles. The Balaban J connectivity index is 1.49. The highest BCUT2D eigenvalue weighted by Crippen LogP contribution is 2.29. The summed E-state index contributed by atoms with van der Waals surface area (Å²) in [6.45, 7) is 4.02. The summed E-state index contributed by atoms with van der Waals surface area (Å²) in [5, 5.41) is 8.09. The molecule has 1 N–H and O–H groups in total. The molecule has 0 unspecified atom stereocenters. The van der Waals surface area contributed by atoms with Gasteiger partial charge in [-0.25, -0.2) is 9.67 Å². The number of H-pyrrole nitrogens is 1. The molecular formula is C17H24N6O2. The molecule has 0 bridgehead atoms. The van der Waals surface area contributed by atoms with E-state index in [2.05, 4.69) is 20.3 Å². The van der Waals surface area contributed by atoms with Crippen LogP contribution in [0.5, 0.6) is 0 Å². The van der Waals surface area contributed by atoms with Crippen molar-refractivity contribution in [3.05, 3.63) is 16.2 Å². The summed E-state index contributed by atoms with van der Waals surface area (Å²) in [7, 11) is 0. The predicted molar refractivity (Wildman–Crippen MR) is 91.9 cm³/mol. The van der Waals surface area contributed by atoms with Crippen LogP contribution in [-0.4, -0.2) is 48.9 Å². The Morgan fingerprint density at radius 1 is 1.24 bits per heavy atom. The third-order valence-corrected chi connectivity index (χ3v) is 5.46. The summed E-state index contributed by atoms with van der Waals surface area (Å²) in [6, 6.07) is 0. The number of likely N-dealkylation sites (tertiary alicyclic amines) is 1. The van der Waals surface area contributed by atoms with E-state index in [1.165, 1.54) is 12.8 Å². The van der Waals surface area contributed by atoms with Crippen LogP contribution in [0.1, 0.15) is 44.3 Å². The van der Waals surface area contributed by atoms with Gasteiger partial charge in [0.15, 0.2) is 11.2 Å². The van der Waals surface area contributed by atoms with Crippen LogP contribution in [0.4, 0.5) is 0 Å².